The molecule has 1 saturated heterocycles. The van der Waals surface area contributed by atoms with Gasteiger partial charge >= 0.3 is 0 Å². The summed E-state index contributed by atoms with van der Waals surface area (Å²) in [5, 5.41) is 11.7. The van der Waals surface area contributed by atoms with Crippen LogP contribution in [-0.2, 0) is 0 Å². The summed E-state index contributed by atoms with van der Waals surface area (Å²) in [7, 11) is 1.64. The van der Waals surface area contributed by atoms with Crippen LogP contribution in [-0.4, -0.2) is 65.4 Å². The fourth-order valence-corrected chi connectivity index (χ4v) is 4.33. The number of benzene rings is 1. The van der Waals surface area contributed by atoms with E-state index in [4.69, 9.17) is 4.74 Å². The highest BCUT2D eigenvalue weighted by molar-refractivity contribution is 5.86. The first kappa shape index (κ1) is 17.5. The van der Waals surface area contributed by atoms with Crippen LogP contribution < -0.4 is 9.64 Å². The Kier molecular flexibility index (Phi) is 4.96. The van der Waals surface area contributed by atoms with Gasteiger partial charge in [-0.15, -0.1) is 0 Å². The van der Waals surface area contributed by atoms with Crippen LogP contribution in [0.25, 0.3) is 10.9 Å². The number of rotatable bonds is 4. The van der Waals surface area contributed by atoms with Crippen LogP contribution in [0.5, 0.6) is 5.88 Å². The molecule has 0 amide bonds. The summed E-state index contributed by atoms with van der Waals surface area (Å²) >= 11 is 0. The normalized spacial score (nSPS) is 21.1. The Bertz CT molecular complexity index is 753. The average Bonchev–Trinajstić information content (AvgIpc) is 2.68. The zero-order valence-corrected chi connectivity index (χ0v) is 15.5. The van der Waals surface area contributed by atoms with Gasteiger partial charge < -0.3 is 14.7 Å². The summed E-state index contributed by atoms with van der Waals surface area (Å²) in [6.45, 7) is 4.74. The first-order valence-electron chi connectivity index (χ1n) is 9.65. The van der Waals surface area contributed by atoms with Gasteiger partial charge in [-0.3, -0.25) is 4.90 Å². The Hall–Kier alpha value is -1.92. The van der Waals surface area contributed by atoms with Crippen molar-refractivity contribution >= 4 is 16.6 Å². The second kappa shape index (κ2) is 7.37. The number of methoxy groups -OCH3 is 1. The van der Waals surface area contributed by atoms with Crippen LogP contribution in [0.1, 0.15) is 32.1 Å². The molecule has 2 aromatic rings. The van der Waals surface area contributed by atoms with Crippen molar-refractivity contribution in [3.8, 4) is 5.88 Å². The van der Waals surface area contributed by atoms with Crippen LogP contribution in [0.3, 0.4) is 0 Å². The van der Waals surface area contributed by atoms with Crippen molar-refractivity contribution in [2.45, 2.75) is 37.7 Å². The third-order valence-electron chi connectivity index (χ3n) is 5.82. The van der Waals surface area contributed by atoms with Gasteiger partial charge in [0.15, 0.2) is 0 Å². The van der Waals surface area contributed by atoms with Gasteiger partial charge in [-0.05, 0) is 31.0 Å². The second-order valence-corrected chi connectivity index (χ2v) is 7.63. The molecule has 0 radical (unpaired) electrons. The van der Waals surface area contributed by atoms with E-state index in [0.717, 1.165) is 69.3 Å². The van der Waals surface area contributed by atoms with Gasteiger partial charge in [0.1, 0.15) is 6.33 Å². The molecule has 1 aliphatic carbocycles. The summed E-state index contributed by atoms with van der Waals surface area (Å²) in [6.07, 6.45) is 7.05. The summed E-state index contributed by atoms with van der Waals surface area (Å²) < 4.78 is 5.38. The Labute approximate surface area is 154 Å². The molecule has 1 aromatic heterocycles. The number of aromatic nitrogens is 2. The van der Waals surface area contributed by atoms with Crippen molar-refractivity contribution < 1.29 is 9.84 Å². The van der Waals surface area contributed by atoms with Crippen LogP contribution >= 0.6 is 0 Å². The lowest BCUT2D eigenvalue weighted by Gasteiger charge is -2.41. The third kappa shape index (κ3) is 3.62. The fourth-order valence-electron chi connectivity index (χ4n) is 4.33. The Morgan fingerprint density at radius 2 is 1.85 bits per heavy atom. The second-order valence-electron chi connectivity index (χ2n) is 7.63. The van der Waals surface area contributed by atoms with E-state index < -0.39 is 5.60 Å². The molecule has 0 spiro atoms. The highest BCUT2D eigenvalue weighted by Crippen LogP contribution is 2.30. The predicted octanol–water partition coefficient (Wildman–Crippen LogP) is 2.46. The standard InChI is InChI=1S/C20H28N4O2/c1-26-19-17-13-16(5-6-18(17)21-15-22-19)24-11-9-23(10-12-24)14-20(25)7-3-2-4-8-20/h5-6,13,15,25H,2-4,7-12,14H2,1H3. The number of hydrogen-bond donors (Lipinski definition) is 1. The van der Waals surface area contributed by atoms with E-state index >= 15 is 0 Å². The maximum absolute atomic E-state index is 10.8. The lowest BCUT2D eigenvalue weighted by Crippen LogP contribution is -2.52. The highest BCUT2D eigenvalue weighted by atomic mass is 16.5. The molecule has 1 N–H and O–H groups in total. The highest BCUT2D eigenvalue weighted by Gasteiger charge is 2.32. The molecular formula is C20H28N4O2. The molecule has 6 nitrogen and oxygen atoms in total. The van der Waals surface area contributed by atoms with Crippen molar-refractivity contribution in [2.75, 3.05) is 44.7 Å². The van der Waals surface area contributed by atoms with E-state index in [9.17, 15) is 5.11 Å². The molecule has 2 aliphatic rings. The maximum atomic E-state index is 10.8. The van der Waals surface area contributed by atoms with Crippen LogP contribution in [0.4, 0.5) is 5.69 Å². The summed E-state index contributed by atoms with van der Waals surface area (Å²) in [6, 6.07) is 6.28. The SMILES string of the molecule is COc1ncnc2ccc(N3CCN(CC4(O)CCCCC4)CC3)cc12. The first-order valence-corrected chi connectivity index (χ1v) is 9.65. The molecule has 140 valence electrons. The topological polar surface area (TPSA) is 61.7 Å². The Balaban J connectivity index is 1.42. The lowest BCUT2D eigenvalue weighted by molar-refractivity contribution is -0.0271. The Morgan fingerprint density at radius 1 is 1.08 bits per heavy atom. The number of fused-ring (bicyclic) bond motifs is 1. The number of anilines is 1. The smallest absolute Gasteiger partial charge is 0.224 e. The van der Waals surface area contributed by atoms with Crippen LogP contribution in [0, 0.1) is 0 Å². The van der Waals surface area contributed by atoms with Crippen molar-refractivity contribution in [2.24, 2.45) is 0 Å². The van der Waals surface area contributed by atoms with E-state index in [1.807, 2.05) is 6.07 Å². The minimum absolute atomic E-state index is 0.464. The molecule has 1 aliphatic heterocycles. The van der Waals surface area contributed by atoms with Gasteiger partial charge in [-0.2, -0.15) is 0 Å². The van der Waals surface area contributed by atoms with Crippen molar-refractivity contribution in [1.82, 2.24) is 14.9 Å². The average molecular weight is 356 g/mol. The van der Waals surface area contributed by atoms with Gasteiger partial charge in [-0.1, -0.05) is 19.3 Å². The lowest BCUT2D eigenvalue weighted by atomic mass is 9.84. The monoisotopic (exact) mass is 356 g/mol. The Morgan fingerprint density at radius 3 is 2.58 bits per heavy atom. The van der Waals surface area contributed by atoms with Crippen molar-refractivity contribution in [3.63, 3.8) is 0 Å². The summed E-state index contributed by atoms with van der Waals surface area (Å²) in [5.41, 5.74) is 1.62. The van der Waals surface area contributed by atoms with Crippen molar-refractivity contribution in [1.29, 1.82) is 0 Å². The first-order chi connectivity index (χ1) is 12.7. The molecule has 0 atom stereocenters. The van der Waals surface area contributed by atoms with E-state index in [2.05, 4.69) is 31.9 Å². The molecule has 0 bridgehead atoms. The van der Waals surface area contributed by atoms with E-state index in [1.165, 1.54) is 18.4 Å². The molecule has 26 heavy (non-hydrogen) atoms. The largest absolute Gasteiger partial charge is 0.480 e. The van der Waals surface area contributed by atoms with Crippen LogP contribution in [0.2, 0.25) is 0 Å². The maximum Gasteiger partial charge on any atom is 0.224 e. The minimum atomic E-state index is -0.464. The number of hydrogen-bond acceptors (Lipinski definition) is 6. The zero-order chi connectivity index (χ0) is 18.0. The number of β-amino-alcohol motifs (C(OH)–C–C–N with tert-alkyl or cyclic N) is 1. The molecule has 0 unspecified atom stereocenters. The predicted molar refractivity (Wildman–Crippen MR) is 103 cm³/mol. The van der Waals surface area contributed by atoms with Gasteiger partial charge in [-0.25, -0.2) is 9.97 Å². The summed E-state index contributed by atoms with van der Waals surface area (Å²) in [5.74, 6) is 0.620. The quantitative estimate of drug-likeness (QED) is 0.908. The third-order valence-corrected chi connectivity index (χ3v) is 5.82. The number of nitrogens with zero attached hydrogens (tertiary/aromatic N) is 4. The fraction of sp³-hybridized carbons (Fsp3) is 0.600. The van der Waals surface area contributed by atoms with Crippen molar-refractivity contribution in [3.05, 3.63) is 24.5 Å². The molecule has 1 aromatic carbocycles. The molecule has 1 saturated carbocycles. The van der Waals surface area contributed by atoms with Gasteiger partial charge in [0.05, 0.1) is 23.6 Å². The molecule has 6 heteroatoms. The minimum Gasteiger partial charge on any atom is -0.480 e. The number of ether oxygens (including phenoxy) is 1. The van der Waals surface area contributed by atoms with E-state index in [-0.39, 0.29) is 0 Å². The molecular weight excluding hydrogens is 328 g/mol. The van der Waals surface area contributed by atoms with E-state index in [0.29, 0.717) is 5.88 Å². The molecule has 2 heterocycles. The van der Waals surface area contributed by atoms with Gasteiger partial charge in [0, 0.05) is 38.4 Å². The zero-order valence-electron chi connectivity index (χ0n) is 15.5. The summed E-state index contributed by atoms with van der Waals surface area (Å²) in [4.78, 5) is 13.3. The number of aliphatic hydroxyl groups is 1. The van der Waals surface area contributed by atoms with Gasteiger partial charge in [0.25, 0.3) is 0 Å². The molecule has 4 rings (SSSR count). The van der Waals surface area contributed by atoms with Crippen LogP contribution in [0.15, 0.2) is 24.5 Å². The number of piperazine rings is 1. The molecule has 2 fully saturated rings. The van der Waals surface area contributed by atoms with Gasteiger partial charge in [0.2, 0.25) is 5.88 Å². The van der Waals surface area contributed by atoms with E-state index in [1.54, 1.807) is 7.11 Å².